The Kier molecular flexibility index (Phi) is 5.31. The zero-order valence-corrected chi connectivity index (χ0v) is 14.7. The van der Waals surface area contributed by atoms with Gasteiger partial charge in [-0.15, -0.1) is 0 Å². The molecule has 0 unspecified atom stereocenters. The van der Waals surface area contributed by atoms with Crippen molar-refractivity contribution in [2.24, 2.45) is 0 Å². The number of amides is 3. The SMILES string of the molecule is COc1cccc(OC)c1NC(=O)N1CCN(C(=O)c2ccco2)CC1. The predicted octanol–water partition coefficient (Wildman–Crippen LogP) is 2.29. The summed E-state index contributed by atoms with van der Waals surface area (Å²) >= 11 is 0. The van der Waals surface area contributed by atoms with Gasteiger partial charge >= 0.3 is 6.03 Å². The fraction of sp³-hybridized carbons (Fsp3) is 0.333. The zero-order chi connectivity index (χ0) is 18.5. The summed E-state index contributed by atoms with van der Waals surface area (Å²) in [5.41, 5.74) is 0.483. The molecule has 8 nitrogen and oxygen atoms in total. The highest BCUT2D eigenvalue weighted by atomic mass is 16.5. The summed E-state index contributed by atoms with van der Waals surface area (Å²) in [6.07, 6.45) is 1.47. The molecule has 0 saturated carbocycles. The Labute approximate surface area is 151 Å². The third-order valence-electron chi connectivity index (χ3n) is 4.25. The van der Waals surface area contributed by atoms with Crippen molar-refractivity contribution in [3.8, 4) is 11.5 Å². The number of carbonyl (C=O) groups is 2. The topological polar surface area (TPSA) is 84.3 Å². The van der Waals surface area contributed by atoms with E-state index in [0.29, 0.717) is 49.1 Å². The number of hydrogen-bond donors (Lipinski definition) is 1. The van der Waals surface area contributed by atoms with Crippen molar-refractivity contribution in [1.29, 1.82) is 0 Å². The van der Waals surface area contributed by atoms with Gasteiger partial charge in [-0.1, -0.05) is 6.07 Å². The molecule has 1 fully saturated rings. The fourth-order valence-corrected chi connectivity index (χ4v) is 2.83. The van der Waals surface area contributed by atoms with Crippen LogP contribution in [0.25, 0.3) is 0 Å². The van der Waals surface area contributed by atoms with Gasteiger partial charge in [-0.25, -0.2) is 4.79 Å². The third kappa shape index (κ3) is 3.58. The van der Waals surface area contributed by atoms with Crippen LogP contribution in [0.2, 0.25) is 0 Å². The molecule has 1 aliphatic rings. The Morgan fingerprint density at radius 1 is 0.962 bits per heavy atom. The summed E-state index contributed by atoms with van der Waals surface area (Å²) in [7, 11) is 3.06. The Hall–Kier alpha value is -3.16. The standard InChI is InChI=1S/C18H21N3O5/c1-24-13-5-3-6-14(25-2)16(13)19-18(23)21-10-8-20(9-11-21)17(22)15-7-4-12-26-15/h3-7,12H,8-11H2,1-2H3,(H,19,23). The van der Waals surface area contributed by atoms with Crippen LogP contribution in [0.5, 0.6) is 11.5 Å². The number of nitrogens with one attached hydrogen (secondary N) is 1. The molecule has 0 aliphatic carbocycles. The van der Waals surface area contributed by atoms with Crippen molar-refractivity contribution in [3.63, 3.8) is 0 Å². The minimum Gasteiger partial charge on any atom is -0.494 e. The number of para-hydroxylation sites is 1. The Morgan fingerprint density at radius 3 is 2.12 bits per heavy atom. The van der Waals surface area contributed by atoms with Crippen LogP contribution < -0.4 is 14.8 Å². The summed E-state index contributed by atoms with van der Waals surface area (Å²) in [6.45, 7) is 1.73. The summed E-state index contributed by atoms with van der Waals surface area (Å²) in [6, 6.07) is 8.33. The maximum absolute atomic E-state index is 12.6. The number of anilines is 1. The molecule has 1 aromatic carbocycles. The van der Waals surface area contributed by atoms with Crippen LogP contribution in [0.4, 0.5) is 10.5 Å². The van der Waals surface area contributed by atoms with E-state index in [1.165, 1.54) is 20.5 Å². The largest absolute Gasteiger partial charge is 0.494 e. The van der Waals surface area contributed by atoms with Crippen LogP contribution in [-0.4, -0.2) is 62.1 Å². The smallest absolute Gasteiger partial charge is 0.322 e. The Bertz CT molecular complexity index is 745. The Balaban J connectivity index is 1.62. The second-order valence-electron chi connectivity index (χ2n) is 5.72. The lowest BCUT2D eigenvalue weighted by Gasteiger charge is -2.34. The molecule has 3 rings (SSSR count). The van der Waals surface area contributed by atoms with Gasteiger partial charge in [-0.2, -0.15) is 0 Å². The summed E-state index contributed by atoms with van der Waals surface area (Å²) in [5, 5.41) is 2.84. The second kappa shape index (κ2) is 7.81. The molecular formula is C18H21N3O5. The van der Waals surface area contributed by atoms with Crippen LogP contribution in [0.3, 0.4) is 0 Å². The highest BCUT2D eigenvalue weighted by Crippen LogP contribution is 2.34. The number of furan rings is 1. The quantitative estimate of drug-likeness (QED) is 0.905. The third-order valence-corrected chi connectivity index (χ3v) is 4.25. The van der Waals surface area contributed by atoms with Crippen molar-refractivity contribution in [1.82, 2.24) is 9.80 Å². The molecule has 2 heterocycles. The molecule has 26 heavy (non-hydrogen) atoms. The van der Waals surface area contributed by atoms with Gasteiger partial charge in [0.2, 0.25) is 0 Å². The predicted molar refractivity (Wildman–Crippen MR) is 94.7 cm³/mol. The molecule has 1 saturated heterocycles. The number of rotatable bonds is 4. The van der Waals surface area contributed by atoms with E-state index in [9.17, 15) is 9.59 Å². The van der Waals surface area contributed by atoms with E-state index in [1.54, 1.807) is 40.1 Å². The number of benzene rings is 1. The highest BCUT2D eigenvalue weighted by Gasteiger charge is 2.27. The maximum atomic E-state index is 12.6. The number of piperazine rings is 1. The monoisotopic (exact) mass is 359 g/mol. The number of urea groups is 1. The lowest BCUT2D eigenvalue weighted by atomic mass is 10.2. The average molecular weight is 359 g/mol. The van der Waals surface area contributed by atoms with E-state index < -0.39 is 0 Å². The number of ether oxygens (including phenoxy) is 2. The lowest BCUT2D eigenvalue weighted by Crippen LogP contribution is -2.51. The van der Waals surface area contributed by atoms with Crippen LogP contribution in [0, 0.1) is 0 Å². The summed E-state index contributed by atoms with van der Waals surface area (Å²) in [5.74, 6) is 1.18. The number of nitrogens with zero attached hydrogens (tertiary/aromatic N) is 2. The molecule has 2 aromatic rings. The molecule has 8 heteroatoms. The van der Waals surface area contributed by atoms with Crippen LogP contribution in [-0.2, 0) is 0 Å². The van der Waals surface area contributed by atoms with Gasteiger partial charge in [0.15, 0.2) is 5.76 Å². The second-order valence-corrected chi connectivity index (χ2v) is 5.72. The fourth-order valence-electron chi connectivity index (χ4n) is 2.83. The van der Waals surface area contributed by atoms with Gasteiger partial charge in [0, 0.05) is 26.2 Å². The van der Waals surface area contributed by atoms with Crippen molar-refractivity contribution >= 4 is 17.6 Å². The number of hydrogen-bond acceptors (Lipinski definition) is 5. The molecule has 138 valence electrons. The molecular weight excluding hydrogens is 338 g/mol. The van der Waals surface area contributed by atoms with Crippen molar-refractivity contribution in [2.75, 3.05) is 45.7 Å². The molecule has 1 N–H and O–H groups in total. The van der Waals surface area contributed by atoms with Crippen molar-refractivity contribution in [3.05, 3.63) is 42.4 Å². The molecule has 3 amide bonds. The summed E-state index contributed by atoms with van der Waals surface area (Å²) in [4.78, 5) is 28.2. The number of methoxy groups -OCH3 is 2. The molecule has 0 bridgehead atoms. The van der Waals surface area contributed by atoms with Gasteiger partial charge < -0.3 is 29.0 Å². The zero-order valence-electron chi connectivity index (χ0n) is 14.7. The van der Waals surface area contributed by atoms with Crippen molar-refractivity contribution in [2.45, 2.75) is 0 Å². The minimum atomic E-state index is -0.266. The maximum Gasteiger partial charge on any atom is 0.322 e. The van der Waals surface area contributed by atoms with E-state index in [1.807, 2.05) is 0 Å². The van der Waals surface area contributed by atoms with E-state index in [0.717, 1.165) is 0 Å². The van der Waals surface area contributed by atoms with Crippen LogP contribution in [0.1, 0.15) is 10.6 Å². The van der Waals surface area contributed by atoms with Gasteiger partial charge in [-0.05, 0) is 24.3 Å². The van der Waals surface area contributed by atoms with E-state index in [2.05, 4.69) is 5.32 Å². The van der Waals surface area contributed by atoms with E-state index in [4.69, 9.17) is 13.9 Å². The van der Waals surface area contributed by atoms with E-state index >= 15 is 0 Å². The first kappa shape index (κ1) is 17.7. The lowest BCUT2D eigenvalue weighted by molar-refractivity contribution is 0.0640. The average Bonchev–Trinajstić information content (AvgIpc) is 3.22. The molecule has 0 radical (unpaired) electrons. The molecule has 0 spiro atoms. The van der Waals surface area contributed by atoms with Gasteiger partial charge in [0.05, 0.1) is 20.5 Å². The molecule has 1 aliphatic heterocycles. The number of carbonyl (C=O) groups excluding carboxylic acids is 2. The Morgan fingerprint density at radius 2 is 1.58 bits per heavy atom. The summed E-state index contributed by atoms with van der Waals surface area (Å²) < 4.78 is 15.7. The normalized spacial score (nSPS) is 14.1. The molecule has 1 aromatic heterocycles. The van der Waals surface area contributed by atoms with Gasteiger partial charge in [0.25, 0.3) is 5.91 Å². The van der Waals surface area contributed by atoms with Crippen LogP contribution in [0.15, 0.2) is 41.0 Å². The van der Waals surface area contributed by atoms with E-state index in [-0.39, 0.29) is 11.9 Å². The van der Waals surface area contributed by atoms with Crippen molar-refractivity contribution < 1.29 is 23.5 Å². The first-order valence-corrected chi connectivity index (χ1v) is 8.23. The van der Waals surface area contributed by atoms with Gasteiger partial charge in [-0.3, -0.25) is 4.79 Å². The highest BCUT2D eigenvalue weighted by molar-refractivity contribution is 5.94. The van der Waals surface area contributed by atoms with Gasteiger partial charge in [0.1, 0.15) is 17.2 Å². The minimum absolute atomic E-state index is 0.165. The van der Waals surface area contributed by atoms with Crippen LogP contribution >= 0.6 is 0 Å². The first-order valence-electron chi connectivity index (χ1n) is 8.23. The molecule has 0 atom stereocenters. The first-order chi connectivity index (χ1) is 12.6.